The van der Waals surface area contributed by atoms with Crippen LogP contribution < -0.4 is 4.72 Å². The van der Waals surface area contributed by atoms with Crippen molar-refractivity contribution in [3.63, 3.8) is 0 Å². The van der Waals surface area contributed by atoms with E-state index >= 15 is 0 Å². The van der Waals surface area contributed by atoms with Crippen molar-refractivity contribution in [2.75, 3.05) is 10.5 Å². The molecule has 0 radical (unpaired) electrons. The van der Waals surface area contributed by atoms with Crippen molar-refractivity contribution in [3.05, 3.63) is 54.6 Å². The predicted molar refractivity (Wildman–Crippen MR) is 118 cm³/mol. The summed E-state index contributed by atoms with van der Waals surface area (Å²) in [5, 5.41) is 10.6. The second-order valence-corrected chi connectivity index (χ2v) is 9.85. The van der Waals surface area contributed by atoms with Crippen molar-refractivity contribution < 1.29 is 18.3 Å². The number of carboxylic acid groups (broad SMARTS) is 1. The zero-order chi connectivity index (χ0) is 20.7. The van der Waals surface area contributed by atoms with E-state index in [4.69, 9.17) is 5.11 Å². The largest absolute Gasteiger partial charge is 0.481 e. The fourth-order valence-corrected chi connectivity index (χ4v) is 5.54. The molecule has 2 N–H and O–H groups in total. The Morgan fingerprint density at radius 1 is 1.07 bits per heavy atom. The van der Waals surface area contributed by atoms with Gasteiger partial charge in [-0.05, 0) is 49.0 Å². The molecule has 0 aliphatic heterocycles. The third-order valence-electron chi connectivity index (χ3n) is 5.86. The van der Waals surface area contributed by atoms with Crippen molar-refractivity contribution in [2.45, 2.75) is 51.4 Å². The van der Waals surface area contributed by atoms with Gasteiger partial charge in [-0.15, -0.1) is 0 Å². The summed E-state index contributed by atoms with van der Waals surface area (Å²) in [7, 11) is -3.45. The maximum Gasteiger partial charge on any atom is 0.303 e. The standard InChI is InChI=1S/C23H29NO4S/c25-22(26)13-2-1-5-14-23(15-6-7-16-23)17-18-29(27,28)24-21-12-8-10-19-9-3-4-11-20(19)21/h1,3-5,8-12,24H,2,6-7,13-18H2,(H,25,26)/b5-1-. The normalized spacial score (nSPS) is 16.4. The molecule has 0 spiro atoms. The first kappa shape index (κ1) is 21.4. The van der Waals surface area contributed by atoms with Gasteiger partial charge in [0.05, 0.1) is 11.4 Å². The summed E-state index contributed by atoms with van der Waals surface area (Å²) in [6.07, 6.45) is 10.3. The van der Waals surface area contributed by atoms with Gasteiger partial charge in [-0.25, -0.2) is 8.42 Å². The molecule has 1 saturated carbocycles. The van der Waals surface area contributed by atoms with Crippen molar-refractivity contribution >= 4 is 32.5 Å². The Morgan fingerprint density at radius 2 is 1.79 bits per heavy atom. The number of fused-ring (bicyclic) bond motifs is 1. The first-order chi connectivity index (χ1) is 13.9. The number of carbonyl (C=O) groups is 1. The van der Waals surface area contributed by atoms with Gasteiger partial charge in [-0.2, -0.15) is 0 Å². The number of aliphatic carboxylic acids is 1. The zero-order valence-corrected chi connectivity index (χ0v) is 17.5. The fraction of sp³-hybridized carbons (Fsp3) is 0.435. The molecule has 0 amide bonds. The van der Waals surface area contributed by atoms with E-state index in [2.05, 4.69) is 4.72 Å². The Bertz CT molecular complexity index is 970. The second-order valence-electron chi connectivity index (χ2n) is 8.01. The van der Waals surface area contributed by atoms with Crippen LogP contribution in [0.25, 0.3) is 10.8 Å². The monoisotopic (exact) mass is 415 g/mol. The van der Waals surface area contributed by atoms with E-state index in [1.807, 2.05) is 48.6 Å². The SMILES string of the molecule is O=C(O)CC/C=C\CC1(CCS(=O)(=O)Nc2cccc3ccccc23)CCCC1. The topological polar surface area (TPSA) is 83.5 Å². The maximum atomic E-state index is 12.8. The summed E-state index contributed by atoms with van der Waals surface area (Å²) in [6.45, 7) is 0. The number of carboxylic acids is 1. The smallest absolute Gasteiger partial charge is 0.303 e. The average Bonchev–Trinajstić information content (AvgIpc) is 3.15. The summed E-state index contributed by atoms with van der Waals surface area (Å²) in [6, 6.07) is 13.4. The van der Waals surface area contributed by atoms with Crippen LogP contribution in [-0.4, -0.2) is 25.2 Å². The van der Waals surface area contributed by atoms with Gasteiger partial charge in [-0.3, -0.25) is 9.52 Å². The molecule has 1 fully saturated rings. The number of anilines is 1. The van der Waals surface area contributed by atoms with E-state index in [1.54, 1.807) is 6.07 Å². The van der Waals surface area contributed by atoms with E-state index in [0.29, 0.717) is 18.5 Å². The zero-order valence-electron chi connectivity index (χ0n) is 16.6. The fourth-order valence-electron chi connectivity index (χ4n) is 4.22. The number of rotatable bonds is 10. The molecule has 0 bridgehead atoms. The van der Waals surface area contributed by atoms with Crippen molar-refractivity contribution in [2.24, 2.45) is 5.41 Å². The molecule has 2 aromatic rings. The van der Waals surface area contributed by atoms with E-state index in [9.17, 15) is 13.2 Å². The van der Waals surface area contributed by atoms with E-state index in [1.165, 1.54) is 0 Å². The molecule has 0 heterocycles. The molecule has 156 valence electrons. The van der Waals surface area contributed by atoms with Crippen LogP contribution in [0.1, 0.15) is 51.4 Å². The second kappa shape index (κ2) is 9.44. The minimum absolute atomic E-state index is 0.00717. The molecular formula is C23H29NO4S. The molecule has 1 aliphatic rings. The Labute approximate surface area is 172 Å². The van der Waals surface area contributed by atoms with Crippen LogP contribution in [0.4, 0.5) is 5.69 Å². The lowest BCUT2D eigenvalue weighted by molar-refractivity contribution is -0.136. The van der Waals surface area contributed by atoms with E-state index in [-0.39, 0.29) is 17.6 Å². The maximum absolute atomic E-state index is 12.8. The third kappa shape index (κ3) is 6.07. The minimum atomic E-state index is -3.45. The Morgan fingerprint density at radius 3 is 2.55 bits per heavy atom. The first-order valence-electron chi connectivity index (χ1n) is 10.2. The Hall–Kier alpha value is -2.34. The van der Waals surface area contributed by atoms with E-state index in [0.717, 1.165) is 42.9 Å². The van der Waals surface area contributed by atoms with Gasteiger partial charge in [0.15, 0.2) is 0 Å². The average molecular weight is 416 g/mol. The van der Waals surface area contributed by atoms with E-state index < -0.39 is 16.0 Å². The number of nitrogens with one attached hydrogen (secondary N) is 1. The molecule has 3 rings (SSSR count). The van der Waals surface area contributed by atoms with Gasteiger partial charge < -0.3 is 5.11 Å². The van der Waals surface area contributed by atoms with Gasteiger partial charge in [-0.1, -0.05) is 61.4 Å². The molecule has 6 heteroatoms. The summed E-state index contributed by atoms with van der Waals surface area (Å²) in [5.74, 6) is -0.699. The highest BCUT2D eigenvalue weighted by Gasteiger charge is 2.33. The van der Waals surface area contributed by atoms with Crippen LogP contribution >= 0.6 is 0 Å². The highest BCUT2D eigenvalue weighted by atomic mass is 32.2. The summed E-state index contributed by atoms with van der Waals surface area (Å²) >= 11 is 0. The number of hydrogen-bond donors (Lipinski definition) is 2. The molecule has 0 aromatic heterocycles. The van der Waals surface area contributed by atoms with Crippen molar-refractivity contribution in [1.82, 2.24) is 0 Å². The molecule has 1 aliphatic carbocycles. The molecule has 0 unspecified atom stereocenters. The van der Waals surface area contributed by atoms with Crippen LogP contribution in [0.3, 0.4) is 0 Å². The lowest BCUT2D eigenvalue weighted by atomic mass is 9.80. The third-order valence-corrected chi connectivity index (χ3v) is 7.14. The van der Waals surface area contributed by atoms with Gasteiger partial charge >= 0.3 is 5.97 Å². The number of hydrogen-bond acceptors (Lipinski definition) is 3. The van der Waals surface area contributed by atoms with Crippen molar-refractivity contribution in [1.29, 1.82) is 0 Å². The number of allylic oxidation sites excluding steroid dienone is 2. The predicted octanol–water partition coefficient (Wildman–Crippen LogP) is 5.34. The number of sulfonamides is 1. The summed E-state index contributed by atoms with van der Waals surface area (Å²) in [4.78, 5) is 10.6. The van der Waals surface area contributed by atoms with Gasteiger partial charge in [0.25, 0.3) is 0 Å². The summed E-state index contributed by atoms with van der Waals surface area (Å²) in [5.41, 5.74) is 0.630. The summed E-state index contributed by atoms with van der Waals surface area (Å²) < 4.78 is 28.4. The van der Waals surface area contributed by atoms with Gasteiger partial charge in [0, 0.05) is 11.8 Å². The minimum Gasteiger partial charge on any atom is -0.481 e. The van der Waals surface area contributed by atoms with Crippen LogP contribution in [-0.2, 0) is 14.8 Å². The number of benzene rings is 2. The van der Waals surface area contributed by atoms with Crippen LogP contribution in [0.2, 0.25) is 0 Å². The van der Waals surface area contributed by atoms with Gasteiger partial charge in [0.2, 0.25) is 10.0 Å². The lowest BCUT2D eigenvalue weighted by Gasteiger charge is -2.27. The van der Waals surface area contributed by atoms with Gasteiger partial charge in [0.1, 0.15) is 0 Å². The Kier molecular flexibility index (Phi) is 6.96. The Balaban J connectivity index is 1.63. The molecule has 29 heavy (non-hydrogen) atoms. The molecule has 2 aromatic carbocycles. The van der Waals surface area contributed by atoms with Crippen LogP contribution in [0.15, 0.2) is 54.6 Å². The quantitative estimate of drug-likeness (QED) is 0.513. The highest BCUT2D eigenvalue weighted by Crippen LogP contribution is 2.44. The highest BCUT2D eigenvalue weighted by molar-refractivity contribution is 7.92. The molecular weight excluding hydrogens is 386 g/mol. The van der Waals surface area contributed by atoms with Crippen LogP contribution in [0.5, 0.6) is 0 Å². The van der Waals surface area contributed by atoms with Crippen molar-refractivity contribution in [3.8, 4) is 0 Å². The molecule has 0 saturated heterocycles. The van der Waals surface area contributed by atoms with Crippen LogP contribution in [0, 0.1) is 5.41 Å². The molecule has 0 atom stereocenters. The lowest BCUT2D eigenvalue weighted by Crippen LogP contribution is -2.24. The first-order valence-corrected chi connectivity index (χ1v) is 11.9. The molecule has 5 nitrogen and oxygen atoms in total.